The van der Waals surface area contributed by atoms with Crippen LogP contribution < -0.4 is 10.6 Å². The summed E-state index contributed by atoms with van der Waals surface area (Å²) >= 11 is 0. The highest BCUT2D eigenvalue weighted by Crippen LogP contribution is 2.31. The number of alkyl carbamates (subject to hydrolysis) is 1. The predicted octanol–water partition coefficient (Wildman–Crippen LogP) is 2.76. The smallest absolute Gasteiger partial charge is 0.407 e. The van der Waals surface area contributed by atoms with Gasteiger partial charge in [-0.25, -0.2) is 4.79 Å². The van der Waals surface area contributed by atoms with Crippen molar-refractivity contribution in [1.82, 2.24) is 5.32 Å². The third kappa shape index (κ3) is 4.63. The van der Waals surface area contributed by atoms with Crippen molar-refractivity contribution in [2.45, 2.75) is 32.5 Å². The van der Waals surface area contributed by atoms with Crippen LogP contribution in [0.2, 0.25) is 0 Å². The summed E-state index contributed by atoms with van der Waals surface area (Å²) in [6, 6.07) is 11.7. The Bertz CT molecular complexity index is 962. The number of aliphatic hydroxyl groups is 1. The average Bonchev–Trinajstić information content (AvgIpc) is 2.67. The topological polar surface area (TPSA) is 105 Å². The number of fused-ring (bicyclic) bond motifs is 2. The van der Waals surface area contributed by atoms with Crippen LogP contribution in [0.25, 0.3) is 0 Å². The molecule has 0 fully saturated rings. The summed E-state index contributed by atoms with van der Waals surface area (Å²) in [4.78, 5) is 37.4. The Hall–Kier alpha value is -3.19. The zero-order valence-corrected chi connectivity index (χ0v) is 16.6. The van der Waals surface area contributed by atoms with E-state index < -0.39 is 17.8 Å². The van der Waals surface area contributed by atoms with Crippen molar-refractivity contribution in [3.8, 4) is 0 Å². The average molecular weight is 396 g/mol. The number of ether oxygens (including phenoxy) is 1. The summed E-state index contributed by atoms with van der Waals surface area (Å²) in [5.41, 5.74) is 1.23. The summed E-state index contributed by atoms with van der Waals surface area (Å²) in [5, 5.41) is 15.7. The van der Waals surface area contributed by atoms with Crippen LogP contribution in [0.3, 0.4) is 0 Å². The molecule has 2 aromatic rings. The van der Waals surface area contributed by atoms with Crippen LogP contribution >= 0.6 is 0 Å². The van der Waals surface area contributed by atoms with Crippen molar-refractivity contribution in [2.75, 3.05) is 18.4 Å². The molecule has 7 heteroatoms. The lowest BCUT2D eigenvalue weighted by Gasteiger charge is -2.22. The second-order valence-electron chi connectivity index (χ2n) is 7.85. The molecule has 1 aliphatic carbocycles. The third-order valence-electron chi connectivity index (χ3n) is 4.36. The Morgan fingerprint density at radius 3 is 2.24 bits per heavy atom. The van der Waals surface area contributed by atoms with Crippen LogP contribution in [0.15, 0.2) is 42.5 Å². The quantitative estimate of drug-likeness (QED) is 0.613. The van der Waals surface area contributed by atoms with Gasteiger partial charge in [0.05, 0.1) is 11.7 Å². The zero-order chi connectivity index (χ0) is 21.2. The van der Waals surface area contributed by atoms with Crippen LogP contribution in [0.4, 0.5) is 10.5 Å². The molecule has 0 aromatic heterocycles. The van der Waals surface area contributed by atoms with Gasteiger partial charge in [-0.15, -0.1) is 0 Å². The van der Waals surface area contributed by atoms with E-state index in [1.165, 1.54) is 0 Å². The molecule has 0 heterocycles. The molecule has 0 radical (unpaired) electrons. The first-order valence-electron chi connectivity index (χ1n) is 9.37. The third-order valence-corrected chi connectivity index (χ3v) is 4.36. The van der Waals surface area contributed by atoms with Crippen LogP contribution in [-0.4, -0.2) is 47.6 Å². The van der Waals surface area contributed by atoms with Crippen LogP contribution in [-0.2, 0) is 4.74 Å². The number of hydrogen-bond donors (Lipinski definition) is 3. The van der Waals surface area contributed by atoms with Gasteiger partial charge in [-0.1, -0.05) is 36.4 Å². The lowest BCUT2D eigenvalue weighted by molar-refractivity contribution is 0.0496. The minimum Gasteiger partial charge on any atom is -0.444 e. The van der Waals surface area contributed by atoms with E-state index >= 15 is 0 Å². The minimum absolute atomic E-state index is 0.0212. The lowest BCUT2D eigenvalue weighted by atomic mass is 9.83. The van der Waals surface area contributed by atoms with Gasteiger partial charge < -0.3 is 20.5 Å². The molecule has 2 aromatic carbocycles. The van der Waals surface area contributed by atoms with Gasteiger partial charge in [-0.3, -0.25) is 9.59 Å². The highest BCUT2D eigenvalue weighted by atomic mass is 16.6. The fraction of sp³-hybridized carbons (Fsp3) is 0.318. The minimum atomic E-state index is -0.917. The largest absolute Gasteiger partial charge is 0.444 e. The van der Waals surface area contributed by atoms with E-state index in [2.05, 4.69) is 10.6 Å². The second kappa shape index (κ2) is 8.05. The van der Waals surface area contributed by atoms with E-state index in [4.69, 9.17) is 4.74 Å². The molecule has 0 aliphatic heterocycles. The Morgan fingerprint density at radius 2 is 1.59 bits per heavy atom. The van der Waals surface area contributed by atoms with Gasteiger partial charge in [0.25, 0.3) is 0 Å². The molecule has 0 bridgehead atoms. The Kier molecular flexibility index (Phi) is 5.70. The van der Waals surface area contributed by atoms with Crippen molar-refractivity contribution in [1.29, 1.82) is 0 Å². The first-order chi connectivity index (χ1) is 13.7. The molecule has 0 saturated carbocycles. The molecule has 3 N–H and O–H groups in total. The first kappa shape index (κ1) is 20.5. The molecule has 0 saturated heterocycles. The molecule has 3 rings (SSSR count). The molecule has 1 amide bonds. The maximum atomic E-state index is 12.9. The summed E-state index contributed by atoms with van der Waals surface area (Å²) in [6.07, 6.45) is -1.54. The van der Waals surface area contributed by atoms with Crippen LogP contribution in [0.1, 0.15) is 52.6 Å². The predicted molar refractivity (Wildman–Crippen MR) is 108 cm³/mol. The van der Waals surface area contributed by atoms with E-state index in [1.807, 2.05) is 0 Å². The van der Waals surface area contributed by atoms with Crippen molar-refractivity contribution in [3.05, 3.63) is 64.7 Å². The summed E-state index contributed by atoms with van der Waals surface area (Å²) in [6.45, 7) is 5.31. The van der Waals surface area contributed by atoms with Crippen molar-refractivity contribution >= 4 is 23.3 Å². The van der Waals surface area contributed by atoms with Gasteiger partial charge in [0.2, 0.25) is 0 Å². The molecular formula is C22H24N2O5. The van der Waals surface area contributed by atoms with E-state index in [0.717, 1.165) is 0 Å². The Labute approximate surface area is 169 Å². The SMILES string of the molecule is CC(C)(C)OC(=O)NCC(O)CNc1cccc2c1C(=O)c1ccccc1C2=O. The number of carbonyl (C=O) groups excluding carboxylic acids is 3. The summed E-state index contributed by atoms with van der Waals surface area (Å²) in [7, 11) is 0. The van der Waals surface area contributed by atoms with E-state index in [0.29, 0.717) is 27.9 Å². The zero-order valence-electron chi connectivity index (χ0n) is 16.6. The molecule has 1 unspecified atom stereocenters. The van der Waals surface area contributed by atoms with Crippen molar-refractivity contribution in [3.63, 3.8) is 0 Å². The first-order valence-corrected chi connectivity index (χ1v) is 9.37. The normalized spacial score (nSPS) is 13.9. The number of nitrogens with one attached hydrogen (secondary N) is 2. The number of anilines is 1. The maximum Gasteiger partial charge on any atom is 0.407 e. The number of hydrogen-bond acceptors (Lipinski definition) is 6. The van der Waals surface area contributed by atoms with E-state index in [9.17, 15) is 19.5 Å². The van der Waals surface area contributed by atoms with Crippen molar-refractivity contribution < 1.29 is 24.2 Å². The monoisotopic (exact) mass is 396 g/mol. The number of benzene rings is 2. The Morgan fingerprint density at radius 1 is 0.966 bits per heavy atom. The van der Waals surface area contributed by atoms with Gasteiger partial charge in [0.1, 0.15) is 5.60 Å². The Balaban J connectivity index is 1.68. The second-order valence-corrected chi connectivity index (χ2v) is 7.85. The van der Waals surface area contributed by atoms with Crippen molar-refractivity contribution in [2.24, 2.45) is 0 Å². The number of rotatable bonds is 5. The lowest BCUT2D eigenvalue weighted by Crippen LogP contribution is -2.39. The maximum absolute atomic E-state index is 12.9. The molecule has 1 aliphatic rings. The molecule has 1 atom stereocenters. The highest BCUT2D eigenvalue weighted by Gasteiger charge is 2.31. The number of amides is 1. The van der Waals surface area contributed by atoms with Gasteiger partial charge in [0.15, 0.2) is 11.6 Å². The molecule has 7 nitrogen and oxygen atoms in total. The standard InChI is InChI=1S/C22H24N2O5/c1-22(2,3)29-21(28)24-12-13(25)11-23-17-10-6-9-16-18(17)20(27)15-8-5-4-7-14(15)19(16)26/h4-10,13,23,25H,11-12H2,1-3H3,(H,24,28). The summed E-state index contributed by atoms with van der Waals surface area (Å²) in [5.74, 6) is -0.439. The van der Waals surface area contributed by atoms with Crippen LogP contribution in [0.5, 0.6) is 0 Å². The van der Waals surface area contributed by atoms with Gasteiger partial charge >= 0.3 is 6.09 Å². The molecular weight excluding hydrogens is 372 g/mol. The van der Waals surface area contributed by atoms with Gasteiger partial charge in [0, 0.05) is 35.5 Å². The fourth-order valence-electron chi connectivity index (χ4n) is 3.11. The van der Waals surface area contributed by atoms with Gasteiger partial charge in [-0.05, 0) is 26.8 Å². The number of carbonyl (C=O) groups is 3. The molecule has 29 heavy (non-hydrogen) atoms. The number of ketones is 2. The van der Waals surface area contributed by atoms with Crippen LogP contribution in [0, 0.1) is 0 Å². The number of aliphatic hydroxyl groups excluding tert-OH is 1. The van der Waals surface area contributed by atoms with E-state index in [1.54, 1.807) is 63.2 Å². The fourth-order valence-corrected chi connectivity index (χ4v) is 3.11. The van der Waals surface area contributed by atoms with E-state index in [-0.39, 0.29) is 24.7 Å². The molecule has 152 valence electrons. The highest BCUT2D eigenvalue weighted by molar-refractivity contribution is 6.30. The molecule has 0 spiro atoms. The van der Waals surface area contributed by atoms with Gasteiger partial charge in [-0.2, -0.15) is 0 Å². The summed E-state index contributed by atoms with van der Waals surface area (Å²) < 4.78 is 5.12.